The van der Waals surface area contributed by atoms with Crippen molar-refractivity contribution in [3.05, 3.63) is 0 Å². The van der Waals surface area contributed by atoms with Gasteiger partial charge in [-0.1, -0.05) is 13.8 Å². The van der Waals surface area contributed by atoms with Crippen molar-refractivity contribution in [1.29, 1.82) is 0 Å². The molecule has 2 heteroatoms. The van der Waals surface area contributed by atoms with Crippen LogP contribution in [0, 0.1) is 11.8 Å². The molecule has 1 saturated carbocycles. The van der Waals surface area contributed by atoms with Crippen LogP contribution in [-0.4, -0.2) is 35.2 Å². The average molecular weight is 225 g/mol. The van der Waals surface area contributed by atoms with Crippen molar-refractivity contribution in [3.8, 4) is 0 Å². The van der Waals surface area contributed by atoms with E-state index >= 15 is 0 Å². The molecular weight excluding hydrogens is 198 g/mol. The molecular formula is C14H27NO. The lowest BCUT2D eigenvalue weighted by atomic mass is 9.84. The molecule has 0 bridgehead atoms. The fraction of sp³-hybridized carbons (Fsp3) is 1.00. The Labute approximate surface area is 100 Å². The highest BCUT2D eigenvalue weighted by atomic mass is 16.3. The molecule has 94 valence electrons. The average Bonchev–Trinajstić information content (AvgIpc) is 2.29. The van der Waals surface area contributed by atoms with Crippen LogP contribution in [0.2, 0.25) is 0 Å². The van der Waals surface area contributed by atoms with Gasteiger partial charge < -0.3 is 10.0 Å². The molecule has 2 fully saturated rings. The van der Waals surface area contributed by atoms with Gasteiger partial charge in [-0.25, -0.2) is 0 Å². The van der Waals surface area contributed by atoms with E-state index in [4.69, 9.17) is 0 Å². The standard InChI is InChI=1S/C14H27NO/c1-11(2)12-6-8-15(9-7-12)13-4-3-5-14(16)10-13/h11-14,16H,3-10H2,1-2H3. The number of rotatable bonds is 2. The maximum atomic E-state index is 9.72. The summed E-state index contributed by atoms with van der Waals surface area (Å²) in [7, 11) is 0. The molecule has 0 aromatic rings. The molecule has 1 aliphatic carbocycles. The van der Waals surface area contributed by atoms with E-state index in [0.29, 0.717) is 6.04 Å². The van der Waals surface area contributed by atoms with E-state index in [1.807, 2.05) is 0 Å². The van der Waals surface area contributed by atoms with Gasteiger partial charge in [-0.3, -0.25) is 0 Å². The number of hydrogen-bond acceptors (Lipinski definition) is 2. The first-order valence-electron chi connectivity index (χ1n) is 7.09. The molecule has 2 unspecified atom stereocenters. The van der Waals surface area contributed by atoms with Crippen LogP contribution in [0.15, 0.2) is 0 Å². The van der Waals surface area contributed by atoms with Gasteiger partial charge >= 0.3 is 0 Å². The van der Waals surface area contributed by atoms with E-state index < -0.39 is 0 Å². The molecule has 1 saturated heterocycles. The normalized spacial score (nSPS) is 34.5. The molecule has 2 rings (SSSR count). The molecule has 2 atom stereocenters. The third-order valence-electron chi connectivity index (χ3n) is 4.65. The lowest BCUT2D eigenvalue weighted by Gasteiger charge is -2.41. The molecule has 0 spiro atoms. The fourth-order valence-electron chi connectivity index (χ4n) is 3.42. The predicted molar refractivity (Wildman–Crippen MR) is 67.4 cm³/mol. The highest BCUT2D eigenvalue weighted by Gasteiger charge is 2.29. The summed E-state index contributed by atoms with van der Waals surface area (Å²) < 4.78 is 0. The third kappa shape index (κ3) is 2.98. The lowest BCUT2D eigenvalue weighted by molar-refractivity contribution is 0.0397. The second-order valence-corrected chi connectivity index (χ2v) is 6.09. The Morgan fingerprint density at radius 3 is 2.31 bits per heavy atom. The SMILES string of the molecule is CC(C)C1CCN(C2CCCC(O)C2)CC1. The molecule has 1 aliphatic heterocycles. The molecule has 0 amide bonds. The van der Waals surface area contributed by atoms with E-state index in [0.717, 1.165) is 24.7 Å². The lowest BCUT2D eigenvalue weighted by Crippen LogP contribution is -2.45. The smallest absolute Gasteiger partial charge is 0.0555 e. The van der Waals surface area contributed by atoms with Crippen LogP contribution in [0.3, 0.4) is 0 Å². The first-order valence-corrected chi connectivity index (χ1v) is 7.09. The van der Waals surface area contributed by atoms with Crippen molar-refractivity contribution in [3.63, 3.8) is 0 Å². The Kier molecular flexibility index (Phi) is 4.26. The summed E-state index contributed by atoms with van der Waals surface area (Å²) in [5.41, 5.74) is 0. The zero-order chi connectivity index (χ0) is 11.5. The first kappa shape index (κ1) is 12.4. The highest BCUT2D eigenvalue weighted by molar-refractivity contribution is 4.84. The van der Waals surface area contributed by atoms with Crippen molar-refractivity contribution in [2.75, 3.05) is 13.1 Å². The van der Waals surface area contributed by atoms with Gasteiger partial charge in [0.2, 0.25) is 0 Å². The quantitative estimate of drug-likeness (QED) is 0.781. The maximum absolute atomic E-state index is 9.72. The Balaban J connectivity index is 1.79. The van der Waals surface area contributed by atoms with Gasteiger partial charge in [-0.2, -0.15) is 0 Å². The molecule has 2 aliphatic rings. The Bertz CT molecular complexity index is 209. The highest BCUT2D eigenvalue weighted by Crippen LogP contribution is 2.29. The Hall–Kier alpha value is -0.0800. The van der Waals surface area contributed by atoms with Crippen LogP contribution in [0.1, 0.15) is 52.4 Å². The van der Waals surface area contributed by atoms with Gasteiger partial charge in [0.15, 0.2) is 0 Å². The largest absolute Gasteiger partial charge is 0.393 e. The molecule has 0 radical (unpaired) electrons. The molecule has 1 N–H and O–H groups in total. The third-order valence-corrected chi connectivity index (χ3v) is 4.65. The van der Waals surface area contributed by atoms with Crippen molar-refractivity contribution in [2.45, 2.75) is 64.5 Å². The van der Waals surface area contributed by atoms with Gasteiger partial charge in [0.1, 0.15) is 0 Å². The van der Waals surface area contributed by atoms with Crippen molar-refractivity contribution in [1.82, 2.24) is 4.90 Å². The summed E-state index contributed by atoms with van der Waals surface area (Å²) in [6.45, 7) is 7.23. The summed E-state index contributed by atoms with van der Waals surface area (Å²) in [6.07, 6.45) is 7.28. The predicted octanol–water partition coefficient (Wildman–Crippen LogP) is 2.66. The number of nitrogens with zero attached hydrogens (tertiary/aromatic N) is 1. The minimum Gasteiger partial charge on any atom is -0.393 e. The maximum Gasteiger partial charge on any atom is 0.0555 e. The molecule has 0 aromatic heterocycles. The van der Waals surface area contributed by atoms with Crippen LogP contribution < -0.4 is 0 Å². The minimum absolute atomic E-state index is 0.0263. The summed E-state index contributed by atoms with van der Waals surface area (Å²) in [6, 6.07) is 0.678. The molecule has 1 heterocycles. The number of hydrogen-bond donors (Lipinski definition) is 1. The molecule has 2 nitrogen and oxygen atoms in total. The van der Waals surface area contributed by atoms with Gasteiger partial charge in [0.25, 0.3) is 0 Å². The Morgan fingerprint density at radius 1 is 1.06 bits per heavy atom. The van der Waals surface area contributed by atoms with Crippen LogP contribution in [0.4, 0.5) is 0 Å². The number of likely N-dealkylation sites (tertiary alicyclic amines) is 1. The van der Waals surface area contributed by atoms with E-state index in [2.05, 4.69) is 18.7 Å². The van der Waals surface area contributed by atoms with Gasteiger partial charge in [0, 0.05) is 6.04 Å². The number of aliphatic hydroxyl groups excluding tert-OH is 1. The summed E-state index contributed by atoms with van der Waals surface area (Å²) in [4.78, 5) is 2.64. The summed E-state index contributed by atoms with van der Waals surface area (Å²) >= 11 is 0. The fourth-order valence-corrected chi connectivity index (χ4v) is 3.42. The van der Waals surface area contributed by atoms with E-state index in [1.165, 1.54) is 38.8 Å². The van der Waals surface area contributed by atoms with Gasteiger partial charge in [-0.15, -0.1) is 0 Å². The second kappa shape index (κ2) is 5.50. The van der Waals surface area contributed by atoms with Gasteiger partial charge in [-0.05, 0) is 63.5 Å². The Morgan fingerprint density at radius 2 is 1.75 bits per heavy atom. The van der Waals surface area contributed by atoms with Crippen molar-refractivity contribution < 1.29 is 5.11 Å². The zero-order valence-corrected chi connectivity index (χ0v) is 10.9. The molecule has 0 aromatic carbocycles. The zero-order valence-electron chi connectivity index (χ0n) is 10.9. The first-order chi connectivity index (χ1) is 7.66. The van der Waals surface area contributed by atoms with Crippen LogP contribution >= 0.6 is 0 Å². The molecule has 16 heavy (non-hydrogen) atoms. The number of piperidine rings is 1. The second-order valence-electron chi connectivity index (χ2n) is 6.09. The number of aliphatic hydroxyl groups is 1. The van der Waals surface area contributed by atoms with Gasteiger partial charge in [0.05, 0.1) is 6.10 Å². The summed E-state index contributed by atoms with van der Waals surface area (Å²) in [5.74, 6) is 1.78. The van der Waals surface area contributed by atoms with Crippen molar-refractivity contribution in [2.24, 2.45) is 11.8 Å². The minimum atomic E-state index is -0.0263. The van der Waals surface area contributed by atoms with E-state index in [1.54, 1.807) is 0 Å². The monoisotopic (exact) mass is 225 g/mol. The van der Waals surface area contributed by atoms with Crippen LogP contribution in [0.25, 0.3) is 0 Å². The van der Waals surface area contributed by atoms with Crippen LogP contribution in [-0.2, 0) is 0 Å². The van der Waals surface area contributed by atoms with E-state index in [9.17, 15) is 5.11 Å². The van der Waals surface area contributed by atoms with Crippen LogP contribution in [0.5, 0.6) is 0 Å². The summed E-state index contributed by atoms with van der Waals surface area (Å²) in [5, 5.41) is 9.72. The topological polar surface area (TPSA) is 23.5 Å². The van der Waals surface area contributed by atoms with E-state index in [-0.39, 0.29) is 6.10 Å². The van der Waals surface area contributed by atoms with Crippen molar-refractivity contribution >= 4 is 0 Å².